The van der Waals surface area contributed by atoms with E-state index in [9.17, 15) is 5.11 Å². The number of anilines is 2. The van der Waals surface area contributed by atoms with Crippen molar-refractivity contribution < 1.29 is 9.84 Å². The second-order valence-corrected chi connectivity index (χ2v) is 10.7. The fourth-order valence-corrected chi connectivity index (χ4v) is 5.81. The molecule has 10 heteroatoms. The van der Waals surface area contributed by atoms with Crippen LogP contribution in [0.2, 0.25) is 0 Å². The topological polar surface area (TPSA) is 120 Å². The molecule has 2 fully saturated rings. The van der Waals surface area contributed by atoms with E-state index in [4.69, 9.17) is 10.5 Å². The lowest BCUT2D eigenvalue weighted by molar-refractivity contribution is 0.00651. The molecule has 6 rings (SSSR count). The molecule has 194 valence electrons. The minimum Gasteiger partial charge on any atom is -0.390 e. The Morgan fingerprint density at radius 3 is 2.59 bits per heavy atom. The summed E-state index contributed by atoms with van der Waals surface area (Å²) in [5.41, 5.74) is 11.5. The predicted molar refractivity (Wildman–Crippen MR) is 142 cm³/mol. The highest BCUT2D eigenvalue weighted by Crippen LogP contribution is 2.38. The van der Waals surface area contributed by atoms with Gasteiger partial charge >= 0.3 is 0 Å². The number of rotatable bonds is 5. The number of hydrogen-bond donors (Lipinski definition) is 2. The van der Waals surface area contributed by atoms with E-state index in [1.54, 1.807) is 6.20 Å². The van der Waals surface area contributed by atoms with Crippen LogP contribution in [0.4, 0.5) is 11.5 Å². The zero-order valence-corrected chi connectivity index (χ0v) is 21.4. The van der Waals surface area contributed by atoms with E-state index in [-0.39, 0.29) is 6.04 Å². The summed E-state index contributed by atoms with van der Waals surface area (Å²) in [6, 6.07) is 10.9. The van der Waals surface area contributed by atoms with Gasteiger partial charge in [0.15, 0.2) is 5.82 Å². The quantitative estimate of drug-likeness (QED) is 0.425. The second kappa shape index (κ2) is 9.42. The third-order valence-electron chi connectivity index (χ3n) is 7.97. The van der Waals surface area contributed by atoms with Crippen LogP contribution in [0, 0.1) is 5.92 Å². The van der Waals surface area contributed by atoms with Gasteiger partial charge in [0.05, 0.1) is 29.2 Å². The number of benzene rings is 1. The lowest BCUT2D eigenvalue weighted by atomic mass is 9.83. The number of aliphatic hydroxyl groups is 1. The molecule has 2 aliphatic heterocycles. The molecule has 4 aromatic rings. The van der Waals surface area contributed by atoms with Gasteiger partial charge in [-0.15, -0.1) is 5.10 Å². The van der Waals surface area contributed by atoms with Crippen molar-refractivity contribution in [1.29, 1.82) is 0 Å². The van der Waals surface area contributed by atoms with Gasteiger partial charge in [0.2, 0.25) is 0 Å². The summed E-state index contributed by atoms with van der Waals surface area (Å²) in [5.74, 6) is 0.735. The third-order valence-corrected chi connectivity index (χ3v) is 7.97. The van der Waals surface area contributed by atoms with Gasteiger partial charge in [-0.3, -0.25) is 0 Å². The second-order valence-electron chi connectivity index (χ2n) is 10.7. The highest BCUT2D eigenvalue weighted by Gasteiger charge is 2.31. The van der Waals surface area contributed by atoms with Crippen molar-refractivity contribution in [1.82, 2.24) is 29.6 Å². The number of hydrogen-bond acceptors (Lipinski definition) is 8. The Hall–Kier alpha value is -3.50. The molecule has 0 aliphatic carbocycles. The van der Waals surface area contributed by atoms with E-state index in [1.807, 2.05) is 23.0 Å². The standard InChI is InChI=1S/C27H34N8O2/c1-27(2,36)19-6-10-33(11-7-19)21-5-3-4-18(14-21)23-15-22(25-26(28)29-17-31-35(23)25)24-16-30-32-34(24)20-8-12-37-13-9-20/h3-5,14-17,19-20,36H,6-13H2,1-2H3,(H2,28,29,31). The lowest BCUT2D eigenvalue weighted by Crippen LogP contribution is -2.41. The van der Waals surface area contributed by atoms with Gasteiger partial charge in [-0.2, -0.15) is 5.10 Å². The Labute approximate surface area is 216 Å². The van der Waals surface area contributed by atoms with E-state index in [0.29, 0.717) is 11.7 Å². The molecule has 10 nitrogen and oxygen atoms in total. The monoisotopic (exact) mass is 502 g/mol. The maximum atomic E-state index is 10.4. The minimum absolute atomic E-state index is 0.227. The van der Waals surface area contributed by atoms with E-state index >= 15 is 0 Å². The smallest absolute Gasteiger partial charge is 0.152 e. The molecular weight excluding hydrogens is 468 g/mol. The Morgan fingerprint density at radius 2 is 1.84 bits per heavy atom. The van der Waals surface area contributed by atoms with E-state index in [0.717, 1.165) is 80.0 Å². The van der Waals surface area contributed by atoms with Crippen molar-refractivity contribution in [2.45, 2.75) is 51.2 Å². The van der Waals surface area contributed by atoms with Gasteiger partial charge in [0, 0.05) is 43.1 Å². The minimum atomic E-state index is -0.638. The zero-order valence-electron chi connectivity index (χ0n) is 21.4. The molecule has 0 bridgehead atoms. The van der Waals surface area contributed by atoms with Crippen molar-refractivity contribution in [3.05, 3.63) is 42.9 Å². The first-order chi connectivity index (χ1) is 17.9. The van der Waals surface area contributed by atoms with Gasteiger partial charge in [0.1, 0.15) is 11.8 Å². The van der Waals surface area contributed by atoms with Crippen LogP contribution in [0.3, 0.4) is 0 Å². The van der Waals surface area contributed by atoms with Gasteiger partial charge in [-0.05, 0) is 63.6 Å². The predicted octanol–water partition coefficient (Wildman–Crippen LogP) is 3.58. The molecule has 37 heavy (non-hydrogen) atoms. The molecule has 0 atom stereocenters. The van der Waals surface area contributed by atoms with Gasteiger partial charge in [-0.25, -0.2) is 14.2 Å². The molecule has 0 spiro atoms. The molecule has 0 radical (unpaired) electrons. The average Bonchev–Trinajstić information content (AvgIpc) is 3.55. The van der Waals surface area contributed by atoms with E-state index in [2.05, 4.69) is 55.6 Å². The summed E-state index contributed by atoms with van der Waals surface area (Å²) < 4.78 is 9.43. The molecule has 0 amide bonds. The first-order valence-electron chi connectivity index (χ1n) is 13.1. The number of piperidine rings is 1. The molecule has 1 aromatic carbocycles. The molecule has 2 saturated heterocycles. The molecule has 5 heterocycles. The van der Waals surface area contributed by atoms with Crippen LogP contribution in [0.5, 0.6) is 0 Å². The highest BCUT2D eigenvalue weighted by molar-refractivity contribution is 5.91. The van der Waals surface area contributed by atoms with E-state index < -0.39 is 5.60 Å². The van der Waals surface area contributed by atoms with E-state index in [1.165, 1.54) is 12.0 Å². The number of nitrogen functional groups attached to an aromatic ring is 1. The SMILES string of the molecule is CC(C)(O)C1CCN(c2cccc(-c3cc(-c4cnnn4C4CCOCC4)c4c(N)ncnn34)c2)CC1. The summed E-state index contributed by atoms with van der Waals surface area (Å²) >= 11 is 0. The van der Waals surface area contributed by atoms with Gasteiger partial charge < -0.3 is 20.5 Å². The van der Waals surface area contributed by atoms with Crippen molar-refractivity contribution in [2.24, 2.45) is 5.92 Å². The highest BCUT2D eigenvalue weighted by atomic mass is 16.5. The van der Waals surface area contributed by atoms with Crippen LogP contribution >= 0.6 is 0 Å². The van der Waals surface area contributed by atoms with Crippen LogP contribution in [-0.2, 0) is 4.74 Å². The van der Waals surface area contributed by atoms with Crippen LogP contribution in [0.25, 0.3) is 28.0 Å². The maximum absolute atomic E-state index is 10.4. The molecule has 3 N–H and O–H groups in total. The van der Waals surface area contributed by atoms with Crippen LogP contribution in [0.15, 0.2) is 42.9 Å². The van der Waals surface area contributed by atoms with Crippen molar-refractivity contribution >= 4 is 17.0 Å². The largest absolute Gasteiger partial charge is 0.390 e. The molecular formula is C27H34N8O2. The fourth-order valence-electron chi connectivity index (χ4n) is 5.81. The van der Waals surface area contributed by atoms with Crippen LogP contribution < -0.4 is 10.6 Å². The van der Waals surface area contributed by atoms with Crippen LogP contribution in [-0.4, -0.2) is 66.6 Å². The maximum Gasteiger partial charge on any atom is 0.152 e. The summed E-state index contributed by atoms with van der Waals surface area (Å²) in [4.78, 5) is 6.69. The normalized spacial score (nSPS) is 18.1. The Balaban J connectivity index is 1.38. The average molecular weight is 503 g/mol. The van der Waals surface area contributed by atoms with Crippen LogP contribution in [0.1, 0.15) is 45.6 Å². The fraction of sp³-hybridized carbons (Fsp3) is 0.481. The number of aromatic nitrogens is 6. The van der Waals surface area contributed by atoms with Crippen molar-refractivity contribution in [3.63, 3.8) is 0 Å². The lowest BCUT2D eigenvalue weighted by Gasteiger charge is -2.38. The Morgan fingerprint density at radius 1 is 1.05 bits per heavy atom. The third kappa shape index (κ3) is 4.44. The summed E-state index contributed by atoms with van der Waals surface area (Å²) in [6.45, 7) is 7.11. The molecule has 0 unspecified atom stereocenters. The number of fused-ring (bicyclic) bond motifs is 1. The number of ether oxygens (including phenoxy) is 1. The summed E-state index contributed by atoms with van der Waals surface area (Å²) in [6.07, 6.45) is 7.03. The van der Waals surface area contributed by atoms with Gasteiger partial charge in [-0.1, -0.05) is 17.3 Å². The Bertz CT molecular complexity index is 1390. The van der Waals surface area contributed by atoms with Crippen molar-refractivity contribution in [2.75, 3.05) is 36.9 Å². The number of nitrogens with two attached hydrogens (primary N) is 1. The number of nitrogens with zero attached hydrogens (tertiary/aromatic N) is 7. The zero-order chi connectivity index (χ0) is 25.6. The Kier molecular flexibility index (Phi) is 6.08. The van der Waals surface area contributed by atoms with Crippen molar-refractivity contribution in [3.8, 4) is 22.5 Å². The first-order valence-corrected chi connectivity index (χ1v) is 13.1. The first kappa shape index (κ1) is 23.9. The van der Waals surface area contributed by atoms with Gasteiger partial charge in [0.25, 0.3) is 0 Å². The molecule has 0 saturated carbocycles. The molecule has 3 aromatic heterocycles. The summed E-state index contributed by atoms with van der Waals surface area (Å²) in [7, 11) is 0. The molecule has 2 aliphatic rings. The summed E-state index contributed by atoms with van der Waals surface area (Å²) in [5, 5.41) is 23.7.